The summed E-state index contributed by atoms with van der Waals surface area (Å²) in [6.45, 7) is 8.48. The predicted molar refractivity (Wildman–Crippen MR) is 40.8 cm³/mol. The molecule has 0 aliphatic rings. The summed E-state index contributed by atoms with van der Waals surface area (Å²) in [6, 6.07) is 0. The fraction of sp³-hybridized carbons (Fsp3) is 0.875. The second kappa shape index (κ2) is 2.35. The molecule has 0 heterocycles. The normalized spacial score (nSPS) is 18.2. The zero-order valence-electron chi connectivity index (χ0n) is 7.36. The van der Waals surface area contributed by atoms with Crippen LogP contribution in [0.2, 0.25) is 0 Å². The summed E-state index contributed by atoms with van der Waals surface area (Å²) in [4.78, 5) is 10.9. The molecule has 0 spiro atoms. The lowest BCUT2D eigenvalue weighted by atomic mass is 9.76. The fourth-order valence-corrected chi connectivity index (χ4v) is 0.528. The molecule has 0 saturated carbocycles. The molecule has 2 heteroatoms. The highest BCUT2D eigenvalue weighted by Crippen LogP contribution is 2.30. The molecule has 0 unspecified atom stereocenters. The zero-order valence-corrected chi connectivity index (χ0v) is 7.36. The summed E-state index contributed by atoms with van der Waals surface area (Å²) < 4.78 is 0. The van der Waals surface area contributed by atoms with Gasteiger partial charge in [-0.05, 0) is 19.3 Å². The average molecular weight is 144 g/mol. The van der Waals surface area contributed by atoms with E-state index >= 15 is 0 Å². The number of hydrogen-bond acceptors (Lipinski definition) is 2. The largest absolute Gasteiger partial charge is 0.382 e. The number of ketones is 1. The highest BCUT2D eigenvalue weighted by atomic mass is 16.3. The van der Waals surface area contributed by atoms with Gasteiger partial charge in [-0.1, -0.05) is 20.8 Å². The van der Waals surface area contributed by atoms with Crippen LogP contribution in [0.1, 0.15) is 34.6 Å². The van der Waals surface area contributed by atoms with Crippen LogP contribution >= 0.6 is 0 Å². The highest BCUT2D eigenvalue weighted by Gasteiger charge is 2.39. The average Bonchev–Trinajstić information content (AvgIpc) is 1.62. The summed E-state index contributed by atoms with van der Waals surface area (Å²) >= 11 is 0. The lowest BCUT2D eigenvalue weighted by Crippen LogP contribution is -2.45. The topological polar surface area (TPSA) is 37.3 Å². The minimum Gasteiger partial charge on any atom is -0.382 e. The molecule has 1 N–H and O–H groups in total. The van der Waals surface area contributed by atoms with Crippen LogP contribution < -0.4 is 0 Å². The Bertz CT molecular complexity index is 140. The van der Waals surface area contributed by atoms with Crippen LogP contribution in [0.4, 0.5) is 0 Å². The first-order chi connectivity index (χ1) is 4.19. The van der Waals surface area contributed by atoms with Gasteiger partial charge in [-0.2, -0.15) is 0 Å². The molecule has 60 valence electrons. The summed E-state index contributed by atoms with van der Waals surface area (Å²) in [6.07, 6.45) is 0. The van der Waals surface area contributed by atoms with Crippen LogP contribution in [-0.4, -0.2) is 16.5 Å². The maximum Gasteiger partial charge on any atom is 0.161 e. The van der Waals surface area contributed by atoms with Crippen LogP contribution in [0, 0.1) is 5.41 Å². The van der Waals surface area contributed by atoms with Gasteiger partial charge in [0.15, 0.2) is 5.78 Å². The van der Waals surface area contributed by atoms with Gasteiger partial charge in [0.05, 0.1) is 0 Å². The van der Waals surface area contributed by atoms with E-state index in [0.717, 1.165) is 0 Å². The Morgan fingerprint density at radius 2 is 1.50 bits per heavy atom. The Labute approximate surface area is 62.2 Å². The van der Waals surface area contributed by atoms with Gasteiger partial charge in [-0.25, -0.2) is 0 Å². The smallest absolute Gasteiger partial charge is 0.161 e. The quantitative estimate of drug-likeness (QED) is 0.603. The van der Waals surface area contributed by atoms with Crippen molar-refractivity contribution in [1.29, 1.82) is 0 Å². The third-order valence-electron chi connectivity index (χ3n) is 2.15. The lowest BCUT2D eigenvalue weighted by molar-refractivity contribution is -0.144. The van der Waals surface area contributed by atoms with Crippen molar-refractivity contribution in [3.63, 3.8) is 0 Å². The molecular weight excluding hydrogens is 128 g/mol. The number of hydrogen-bond donors (Lipinski definition) is 1. The first kappa shape index (κ1) is 9.63. The Morgan fingerprint density at radius 3 is 1.50 bits per heavy atom. The van der Waals surface area contributed by atoms with Gasteiger partial charge >= 0.3 is 0 Å². The molecule has 10 heavy (non-hydrogen) atoms. The molecule has 0 radical (unpaired) electrons. The minimum absolute atomic E-state index is 0.181. The second-order valence-electron chi connectivity index (χ2n) is 3.88. The molecule has 0 amide bonds. The van der Waals surface area contributed by atoms with Gasteiger partial charge < -0.3 is 5.11 Å². The van der Waals surface area contributed by atoms with Crippen LogP contribution in [0.3, 0.4) is 0 Å². The van der Waals surface area contributed by atoms with Gasteiger partial charge in [-0.15, -0.1) is 0 Å². The Kier molecular flexibility index (Phi) is 2.26. The van der Waals surface area contributed by atoms with Crippen LogP contribution in [-0.2, 0) is 4.79 Å². The van der Waals surface area contributed by atoms with Gasteiger partial charge in [0.2, 0.25) is 0 Å². The van der Waals surface area contributed by atoms with Crippen LogP contribution in [0.15, 0.2) is 0 Å². The molecule has 0 aromatic heterocycles. The van der Waals surface area contributed by atoms with E-state index in [9.17, 15) is 9.90 Å². The molecule has 0 saturated heterocycles. The van der Waals surface area contributed by atoms with Gasteiger partial charge in [-0.3, -0.25) is 4.79 Å². The van der Waals surface area contributed by atoms with Crippen molar-refractivity contribution in [2.24, 2.45) is 5.41 Å². The Morgan fingerprint density at radius 1 is 1.20 bits per heavy atom. The van der Waals surface area contributed by atoms with Gasteiger partial charge in [0.1, 0.15) is 5.60 Å². The van der Waals surface area contributed by atoms with Crippen molar-refractivity contribution >= 4 is 5.78 Å². The maximum atomic E-state index is 10.9. The molecule has 0 fully saturated rings. The SMILES string of the molecule is CC(=O)[C@](C)(O)C(C)(C)C. The van der Waals surface area contributed by atoms with E-state index in [-0.39, 0.29) is 11.2 Å². The molecule has 1 atom stereocenters. The Balaban J connectivity index is 4.57. The molecule has 0 aromatic carbocycles. The third kappa shape index (κ3) is 1.57. The first-order valence-corrected chi connectivity index (χ1v) is 3.43. The van der Waals surface area contributed by atoms with E-state index < -0.39 is 5.60 Å². The number of Topliss-reactive ketones (excluding diaryl/α,β-unsaturated/α-hetero) is 1. The van der Waals surface area contributed by atoms with E-state index in [1.54, 1.807) is 6.92 Å². The van der Waals surface area contributed by atoms with Crippen molar-refractivity contribution in [1.82, 2.24) is 0 Å². The van der Waals surface area contributed by atoms with E-state index in [0.29, 0.717) is 0 Å². The van der Waals surface area contributed by atoms with Crippen molar-refractivity contribution in [2.45, 2.75) is 40.2 Å². The molecular formula is C8H16O2. The zero-order chi connectivity index (χ0) is 8.58. The predicted octanol–water partition coefficient (Wildman–Crippen LogP) is 1.37. The molecule has 0 aliphatic carbocycles. The number of carbonyl (C=O) groups is 1. The van der Waals surface area contributed by atoms with E-state index in [4.69, 9.17) is 0 Å². The second-order valence-corrected chi connectivity index (χ2v) is 3.88. The van der Waals surface area contributed by atoms with Gasteiger partial charge in [0.25, 0.3) is 0 Å². The van der Waals surface area contributed by atoms with Crippen molar-refractivity contribution in [3.8, 4) is 0 Å². The molecule has 0 aromatic rings. The van der Waals surface area contributed by atoms with E-state index in [1.807, 2.05) is 20.8 Å². The van der Waals surface area contributed by atoms with E-state index in [1.165, 1.54) is 6.92 Å². The number of rotatable bonds is 1. The molecule has 2 nitrogen and oxygen atoms in total. The van der Waals surface area contributed by atoms with Crippen molar-refractivity contribution in [3.05, 3.63) is 0 Å². The maximum absolute atomic E-state index is 10.9. The summed E-state index contributed by atoms with van der Waals surface area (Å²) in [5.74, 6) is -0.181. The summed E-state index contributed by atoms with van der Waals surface area (Å²) in [5, 5.41) is 9.58. The molecule has 0 rings (SSSR count). The standard InChI is InChI=1S/C8H16O2/c1-6(9)8(5,10)7(2,3)4/h10H,1-5H3/t8-/m0/s1. The van der Waals surface area contributed by atoms with Gasteiger partial charge in [0, 0.05) is 0 Å². The van der Waals surface area contributed by atoms with Crippen molar-refractivity contribution in [2.75, 3.05) is 0 Å². The lowest BCUT2D eigenvalue weighted by Gasteiger charge is -2.34. The number of aliphatic hydroxyl groups is 1. The summed E-state index contributed by atoms with van der Waals surface area (Å²) in [7, 11) is 0. The molecule has 0 aliphatic heterocycles. The minimum atomic E-state index is -1.20. The Hall–Kier alpha value is -0.370. The van der Waals surface area contributed by atoms with Crippen LogP contribution in [0.5, 0.6) is 0 Å². The molecule has 0 bridgehead atoms. The van der Waals surface area contributed by atoms with E-state index in [2.05, 4.69) is 0 Å². The fourth-order valence-electron chi connectivity index (χ4n) is 0.528. The third-order valence-corrected chi connectivity index (χ3v) is 2.15. The van der Waals surface area contributed by atoms with Crippen LogP contribution in [0.25, 0.3) is 0 Å². The highest BCUT2D eigenvalue weighted by molar-refractivity contribution is 5.85. The first-order valence-electron chi connectivity index (χ1n) is 3.43. The van der Waals surface area contributed by atoms with Crippen molar-refractivity contribution < 1.29 is 9.90 Å². The monoisotopic (exact) mass is 144 g/mol. The number of carbonyl (C=O) groups excluding carboxylic acids is 1. The summed E-state index contributed by atoms with van der Waals surface area (Å²) in [5.41, 5.74) is -1.58.